The summed E-state index contributed by atoms with van der Waals surface area (Å²) in [4.78, 5) is 0. The minimum Gasteiger partial charge on any atom is -0.355 e. The fourth-order valence-corrected chi connectivity index (χ4v) is 2.19. The Morgan fingerprint density at radius 1 is 1.17 bits per heavy atom. The van der Waals surface area contributed by atoms with E-state index in [1.165, 1.54) is 11.1 Å². The lowest BCUT2D eigenvalue weighted by Gasteiger charge is -2.12. The van der Waals surface area contributed by atoms with Crippen LogP contribution in [0, 0.1) is 25.2 Å². The van der Waals surface area contributed by atoms with Crippen LogP contribution in [0.15, 0.2) is 40.9 Å². The number of benzene rings is 2. The van der Waals surface area contributed by atoms with E-state index in [1.807, 2.05) is 18.2 Å². The number of hydrogen-bond donors (Lipinski definition) is 1. The lowest BCUT2D eigenvalue weighted by molar-refractivity contribution is 1.33. The molecule has 18 heavy (non-hydrogen) atoms. The van der Waals surface area contributed by atoms with E-state index in [-0.39, 0.29) is 0 Å². The SMILES string of the molecule is Cc1cccc(Nc2ccc(C#N)c(Br)c2)c1C. The largest absolute Gasteiger partial charge is 0.355 e. The molecule has 2 aromatic carbocycles. The predicted octanol–water partition coefficient (Wildman–Crippen LogP) is 4.68. The molecule has 0 spiro atoms. The van der Waals surface area contributed by atoms with E-state index in [1.54, 1.807) is 6.07 Å². The second-order valence-electron chi connectivity index (χ2n) is 4.18. The third-order valence-corrected chi connectivity index (χ3v) is 3.63. The molecule has 0 saturated heterocycles. The number of nitrogens with one attached hydrogen (secondary N) is 1. The zero-order valence-corrected chi connectivity index (χ0v) is 11.9. The molecular formula is C15H13BrN2. The molecule has 2 nitrogen and oxygen atoms in total. The van der Waals surface area contributed by atoms with Gasteiger partial charge in [0, 0.05) is 15.8 Å². The Labute approximate surface area is 115 Å². The summed E-state index contributed by atoms with van der Waals surface area (Å²) in [6.07, 6.45) is 0. The minimum absolute atomic E-state index is 0.640. The van der Waals surface area contributed by atoms with Crippen LogP contribution in [0.4, 0.5) is 11.4 Å². The Bertz CT molecular complexity index is 627. The molecule has 0 aliphatic carbocycles. The van der Waals surface area contributed by atoms with Gasteiger partial charge in [-0.3, -0.25) is 0 Å². The third kappa shape index (κ3) is 2.55. The molecule has 0 radical (unpaired) electrons. The molecule has 0 aliphatic rings. The van der Waals surface area contributed by atoms with Crippen molar-refractivity contribution in [3.63, 3.8) is 0 Å². The molecular weight excluding hydrogens is 288 g/mol. The normalized spacial score (nSPS) is 9.89. The van der Waals surface area contributed by atoms with E-state index in [0.717, 1.165) is 15.8 Å². The van der Waals surface area contributed by atoms with Crippen LogP contribution in [0.3, 0.4) is 0 Å². The van der Waals surface area contributed by atoms with Crippen LogP contribution >= 0.6 is 15.9 Å². The van der Waals surface area contributed by atoms with Gasteiger partial charge in [0.2, 0.25) is 0 Å². The quantitative estimate of drug-likeness (QED) is 0.874. The van der Waals surface area contributed by atoms with E-state index in [2.05, 4.69) is 53.3 Å². The zero-order chi connectivity index (χ0) is 13.1. The number of halogens is 1. The van der Waals surface area contributed by atoms with Crippen LogP contribution in [0.25, 0.3) is 0 Å². The van der Waals surface area contributed by atoms with E-state index < -0.39 is 0 Å². The van der Waals surface area contributed by atoms with Gasteiger partial charge in [-0.25, -0.2) is 0 Å². The Morgan fingerprint density at radius 2 is 1.94 bits per heavy atom. The third-order valence-electron chi connectivity index (χ3n) is 2.97. The Hall–Kier alpha value is -1.79. The van der Waals surface area contributed by atoms with Gasteiger partial charge < -0.3 is 5.32 Å². The standard InChI is InChI=1S/C15H13BrN2/c1-10-4-3-5-15(11(10)2)18-13-7-6-12(9-17)14(16)8-13/h3-8,18H,1-2H3. The molecule has 1 N–H and O–H groups in total. The van der Waals surface area contributed by atoms with Gasteiger partial charge in [0.05, 0.1) is 5.56 Å². The summed E-state index contributed by atoms with van der Waals surface area (Å²) in [6, 6.07) is 13.9. The summed E-state index contributed by atoms with van der Waals surface area (Å²) in [5.41, 5.74) is 5.19. The molecule has 0 saturated carbocycles. The summed E-state index contributed by atoms with van der Waals surface area (Å²) in [6.45, 7) is 4.19. The highest BCUT2D eigenvalue weighted by Gasteiger charge is 2.03. The van der Waals surface area contributed by atoms with Crippen molar-refractivity contribution < 1.29 is 0 Å². The summed E-state index contributed by atoms with van der Waals surface area (Å²) in [5.74, 6) is 0. The highest BCUT2D eigenvalue weighted by atomic mass is 79.9. The first kappa shape index (κ1) is 12.7. The molecule has 2 aromatic rings. The maximum Gasteiger partial charge on any atom is 0.100 e. The number of aryl methyl sites for hydroxylation is 1. The first-order valence-corrected chi connectivity index (χ1v) is 6.44. The summed E-state index contributed by atoms with van der Waals surface area (Å²) in [5, 5.41) is 12.2. The van der Waals surface area contributed by atoms with Gasteiger partial charge in [0.25, 0.3) is 0 Å². The Balaban J connectivity index is 2.32. The average Bonchev–Trinajstić information content (AvgIpc) is 2.35. The van der Waals surface area contributed by atoms with E-state index in [0.29, 0.717) is 5.56 Å². The number of nitriles is 1. The Morgan fingerprint density at radius 3 is 2.61 bits per heavy atom. The van der Waals surface area contributed by atoms with Crippen LogP contribution in [-0.2, 0) is 0 Å². The highest BCUT2D eigenvalue weighted by Crippen LogP contribution is 2.26. The van der Waals surface area contributed by atoms with Crippen molar-refractivity contribution in [2.75, 3.05) is 5.32 Å². The van der Waals surface area contributed by atoms with Crippen molar-refractivity contribution in [3.8, 4) is 6.07 Å². The van der Waals surface area contributed by atoms with E-state index in [4.69, 9.17) is 5.26 Å². The molecule has 0 aliphatic heterocycles. The van der Waals surface area contributed by atoms with E-state index >= 15 is 0 Å². The van der Waals surface area contributed by atoms with Crippen molar-refractivity contribution in [1.29, 1.82) is 5.26 Å². The van der Waals surface area contributed by atoms with Crippen LogP contribution in [0.1, 0.15) is 16.7 Å². The summed E-state index contributed by atoms with van der Waals surface area (Å²) < 4.78 is 0.806. The van der Waals surface area contributed by atoms with Gasteiger partial charge >= 0.3 is 0 Å². The second kappa shape index (κ2) is 5.24. The smallest absolute Gasteiger partial charge is 0.100 e. The maximum absolute atomic E-state index is 8.88. The number of nitrogens with zero attached hydrogens (tertiary/aromatic N) is 1. The summed E-state index contributed by atoms with van der Waals surface area (Å²) in [7, 11) is 0. The molecule has 0 bridgehead atoms. The van der Waals surface area contributed by atoms with E-state index in [9.17, 15) is 0 Å². The number of rotatable bonds is 2. The molecule has 0 unspecified atom stereocenters. The number of anilines is 2. The fraction of sp³-hybridized carbons (Fsp3) is 0.133. The van der Waals surface area contributed by atoms with Crippen LogP contribution in [-0.4, -0.2) is 0 Å². The van der Waals surface area contributed by atoms with Crippen LogP contribution in [0.5, 0.6) is 0 Å². The lowest BCUT2D eigenvalue weighted by Crippen LogP contribution is -1.95. The second-order valence-corrected chi connectivity index (χ2v) is 5.03. The Kier molecular flexibility index (Phi) is 3.69. The van der Waals surface area contributed by atoms with Crippen molar-refractivity contribution in [2.24, 2.45) is 0 Å². The molecule has 0 aromatic heterocycles. The van der Waals surface area contributed by atoms with Crippen molar-refractivity contribution >= 4 is 27.3 Å². The molecule has 0 amide bonds. The van der Waals surface area contributed by atoms with Gasteiger partial charge in [0.15, 0.2) is 0 Å². The van der Waals surface area contributed by atoms with Gasteiger partial charge in [-0.1, -0.05) is 12.1 Å². The van der Waals surface area contributed by atoms with Crippen LogP contribution < -0.4 is 5.32 Å². The molecule has 0 fully saturated rings. The van der Waals surface area contributed by atoms with Crippen molar-refractivity contribution in [3.05, 3.63) is 57.6 Å². The highest BCUT2D eigenvalue weighted by molar-refractivity contribution is 9.10. The molecule has 3 heteroatoms. The zero-order valence-electron chi connectivity index (χ0n) is 10.3. The predicted molar refractivity (Wildman–Crippen MR) is 78.1 cm³/mol. The summed E-state index contributed by atoms with van der Waals surface area (Å²) >= 11 is 3.39. The molecule has 0 heterocycles. The lowest BCUT2D eigenvalue weighted by atomic mass is 10.1. The van der Waals surface area contributed by atoms with Crippen LogP contribution in [0.2, 0.25) is 0 Å². The molecule has 2 rings (SSSR count). The minimum atomic E-state index is 0.640. The van der Waals surface area contributed by atoms with Gasteiger partial charge in [0.1, 0.15) is 6.07 Å². The van der Waals surface area contributed by atoms with Gasteiger partial charge in [-0.05, 0) is 65.2 Å². The van der Waals surface area contributed by atoms with Crippen molar-refractivity contribution in [1.82, 2.24) is 0 Å². The maximum atomic E-state index is 8.88. The van der Waals surface area contributed by atoms with Gasteiger partial charge in [-0.15, -0.1) is 0 Å². The first-order chi connectivity index (χ1) is 8.61. The van der Waals surface area contributed by atoms with Gasteiger partial charge in [-0.2, -0.15) is 5.26 Å². The first-order valence-electron chi connectivity index (χ1n) is 5.64. The fourth-order valence-electron chi connectivity index (χ4n) is 1.73. The molecule has 0 atom stereocenters. The number of hydrogen-bond acceptors (Lipinski definition) is 2. The molecule has 90 valence electrons. The average molecular weight is 301 g/mol. The topological polar surface area (TPSA) is 35.8 Å². The monoisotopic (exact) mass is 300 g/mol. The van der Waals surface area contributed by atoms with Crippen molar-refractivity contribution in [2.45, 2.75) is 13.8 Å².